The van der Waals surface area contributed by atoms with Crippen molar-refractivity contribution in [1.82, 2.24) is 19.7 Å². The fourth-order valence-electron chi connectivity index (χ4n) is 3.14. The molecule has 1 amide bonds. The van der Waals surface area contributed by atoms with Crippen molar-refractivity contribution in [2.24, 2.45) is 7.05 Å². The summed E-state index contributed by atoms with van der Waals surface area (Å²) in [5, 5.41) is 4.34. The number of amides is 1. The molecule has 0 aliphatic carbocycles. The number of hydrogen-bond donors (Lipinski definition) is 1. The van der Waals surface area contributed by atoms with Crippen molar-refractivity contribution in [1.29, 1.82) is 0 Å². The maximum absolute atomic E-state index is 13.0. The van der Waals surface area contributed by atoms with Crippen LogP contribution in [0.5, 0.6) is 0 Å². The SMILES string of the molecule is COC(Cc1ccccc1)C(=O)N1CCCC1c1nc(N)n(C)n1. The van der Waals surface area contributed by atoms with Crippen molar-refractivity contribution in [3.05, 3.63) is 41.7 Å². The minimum atomic E-state index is -0.506. The number of ether oxygens (including phenoxy) is 1. The number of aromatic nitrogens is 3. The fourth-order valence-corrected chi connectivity index (χ4v) is 3.14. The molecule has 3 rings (SSSR count). The van der Waals surface area contributed by atoms with E-state index in [-0.39, 0.29) is 11.9 Å². The number of carbonyl (C=O) groups excluding carboxylic acids is 1. The first-order valence-electron chi connectivity index (χ1n) is 8.13. The molecule has 1 aromatic heterocycles. The molecule has 0 radical (unpaired) electrons. The van der Waals surface area contributed by atoms with E-state index in [9.17, 15) is 4.79 Å². The van der Waals surface area contributed by atoms with Gasteiger partial charge in [0.05, 0.1) is 6.04 Å². The van der Waals surface area contributed by atoms with Crippen LogP contribution in [0.25, 0.3) is 0 Å². The van der Waals surface area contributed by atoms with Crippen molar-refractivity contribution in [3.8, 4) is 0 Å². The Morgan fingerprint density at radius 1 is 1.42 bits per heavy atom. The van der Waals surface area contributed by atoms with Crippen LogP contribution >= 0.6 is 0 Å². The number of likely N-dealkylation sites (tertiary alicyclic amines) is 1. The molecule has 128 valence electrons. The van der Waals surface area contributed by atoms with Gasteiger partial charge >= 0.3 is 0 Å². The molecular formula is C17H23N5O2. The van der Waals surface area contributed by atoms with Crippen molar-refractivity contribution in [2.45, 2.75) is 31.4 Å². The minimum Gasteiger partial charge on any atom is -0.371 e. The Kier molecular flexibility index (Phi) is 4.80. The van der Waals surface area contributed by atoms with Gasteiger partial charge in [-0.2, -0.15) is 10.1 Å². The van der Waals surface area contributed by atoms with E-state index in [2.05, 4.69) is 10.1 Å². The maximum Gasteiger partial charge on any atom is 0.252 e. The lowest BCUT2D eigenvalue weighted by Gasteiger charge is -2.26. The highest BCUT2D eigenvalue weighted by Gasteiger charge is 2.36. The van der Waals surface area contributed by atoms with Crippen LogP contribution in [0.2, 0.25) is 0 Å². The van der Waals surface area contributed by atoms with Crippen molar-refractivity contribution < 1.29 is 9.53 Å². The van der Waals surface area contributed by atoms with Crippen LogP contribution < -0.4 is 5.73 Å². The van der Waals surface area contributed by atoms with Gasteiger partial charge in [-0.25, -0.2) is 4.68 Å². The predicted octanol–water partition coefficient (Wildman–Crippen LogP) is 1.32. The number of carbonyl (C=O) groups is 1. The smallest absolute Gasteiger partial charge is 0.252 e. The van der Waals surface area contributed by atoms with Crippen LogP contribution in [0.15, 0.2) is 30.3 Å². The van der Waals surface area contributed by atoms with Gasteiger partial charge in [0.1, 0.15) is 6.10 Å². The molecule has 0 saturated carbocycles. The standard InChI is InChI=1S/C17H23N5O2/c1-21-17(18)19-15(20-21)13-9-6-10-22(13)16(23)14(24-2)11-12-7-4-3-5-8-12/h3-5,7-8,13-14H,6,9-11H2,1-2H3,(H2,18,19,20). The summed E-state index contributed by atoms with van der Waals surface area (Å²) in [5.41, 5.74) is 6.86. The van der Waals surface area contributed by atoms with Crippen LogP contribution in [-0.4, -0.2) is 45.3 Å². The number of nitrogens with zero attached hydrogens (tertiary/aromatic N) is 4. The second-order valence-corrected chi connectivity index (χ2v) is 6.06. The number of rotatable bonds is 5. The molecule has 2 N–H and O–H groups in total. The third-order valence-corrected chi connectivity index (χ3v) is 4.47. The zero-order valence-corrected chi connectivity index (χ0v) is 14.1. The van der Waals surface area contributed by atoms with E-state index in [1.165, 1.54) is 4.68 Å². The molecule has 0 spiro atoms. The molecule has 7 heteroatoms. The molecule has 2 heterocycles. The third-order valence-electron chi connectivity index (χ3n) is 4.47. The quantitative estimate of drug-likeness (QED) is 0.894. The molecule has 2 unspecified atom stereocenters. The highest BCUT2D eigenvalue weighted by molar-refractivity contribution is 5.82. The fraction of sp³-hybridized carbons (Fsp3) is 0.471. The van der Waals surface area contributed by atoms with Crippen LogP contribution in [0.3, 0.4) is 0 Å². The van der Waals surface area contributed by atoms with Gasteiger partial charge in [-0.3, -0.25) is 4.79 Å². The zero-order valence-electron chi connectivity index (χ0n) is 14.1. The summed E-state index contributed by atoms with van der Waals surface area (Å²) in [7, 11) is 3.33. The lowest BCUT2D eigenvalue weighted by Crippen LogP contribution is -2.41. The summed E-state index contributed by atoms with van der Waals surface area (Å²) in [6.07, 6.45) is 1.82. The lowest BCUT2D eigenvalue weighted by atomic mass is 10.1. The van der Waals surface area contributed by atoms with Crippen LogP contribution in [0.1, 0.15) is 30.3 Å². The molecular weight excluding hydrogens is 306 g/mol. The molecule has 1 aliphatic heterocycles. The van der Waals surface area contributed by atoms with Crippen LogP contribution in [0, 0.1) is 0 Å². The Hall–Kier alpha value is -2.41. The zero-order chi connectivity index (χ0) is 17.1. The molecule has 24 heavy (non-hydrogen) atoms. The average Bonchev–Trinajstić information content (AvgIpc) is 3.20. The second kappa shape index (κ2) is 7.00. The van der Waals surface area contributed by atoms with Gasteiger partial charge < -0.3 is 15.4 Å². The number of benzene rings is 1. The Labute approximate surface area is 141 Å². The number of anilines is 1. The van der Waals surface area contributed by atoms with E-state index in [4.69, 9.17) is 10.5 Å². The number of methoxy groups -OCH3 is 1. The number of nitrogen functional groups attached to an aromatic ring is 1. The monoisotopic (exact) mass is 329 g/mol. The van der Waals surface area contributed by atoms with E-state index in [1.54, 1.807) is 14.2 Å². The summed E-state index contributed by atoms with van der Waals surface area (Å²) in [6, 6.07) is 9.76. The van der Waals surface area contributed by atoms with Crippen molar-refractivity contribution in [2.75, 3.05) is 19.4 Å². The predicted molar refractivity (Wildman–Crippen MR) is 90.0 cm³/mol. The first-order valence-corrected chi connectivity index (χ1v) is 8.13. The Balaban J connectivity index is 1.76. The number of hydrogen-bond acceptors (Lipinski definition) is 5. The van der Waals surface area contributed by atoms with Gasteiger partial charge in [0, 0.05) is 27.1 Å². The average molecular weight is 329 g/mol. The van der Waals surface area contributed by atoms with Crippen molar-refractivity contribution >= 4 is 11.9 Å². The highest BCUT2D eigenvalue weighted by atomic mass is 16.5. The van der Waals surface area contributed by atoms with Gasteiger partial charge in [0.15, 0.2) is 5.82 Å². The van der Waals surface area contributed by atoms with E-state index in [0.29, 0.717) is 24.7 Å². The Morgan fingerprint density at radius 2 is 2.17 bits per heavy atom. The van der Waals surface area contributed by atoms with E-state index >= 15 is 0 Å². The van der Waals surface area contributed by atoms with Crippen LogP contribution in [-0.2, 0) is 23.0 Å². The molecule has 2 atom stereocenters. The molecule has 1 fully saturated rings. The minimum absolute atomic E-state index is 0.0186. The van der Waals surface area contributed by atoms with Crippen molar-refractivity contribution in [3.63, 3.8) is 0 Å². The van der Waals surface area contributed by atoms with E-state index in [1.807, 2.05) is 35.2 Å². The Bertz CT molecular complexity index is 681. The molecule has 7 nitrogen and oxygen atoms in total. The number of aryl methyl sites for hydroxylation is 1. The second-order valence-electron chi connectivity index (χ2n) is 6.06. The first-order chi connectivity index (χ1) is 11.6. The van der Waals surface area contributed by atoms with Crippen LogP contribution in [0.4, 0.5) is 5.95 Å². The summed E-state index contributed by atoms with van der Waals surface area (Å²) in [5.74, 6) is 0.946. The molecule has 1 aromatic carbocycles. The molecule has 0 bridgehead atoms. The lowest BCUT2D eigenvalue weighted by molar-refractivity contribution is -0.143. The Morgan fingerprint density at radius 3 is 2.79 bits per heavy atom. The summed E-state index contributed by atoms with van der Waals surface area (Å²) in [4.78, 5) is 19.1. The maximum atomic E-state index is 13.0. The van der Waals surface area contributed by atoms with Gasteiger partial charge in [-0.05, 0) is 18.4 Å². The van der Waals surface area contributed by atoms with Gasteiger partial charge in [-0.15, -0.1) is 0 Å². The van der Waals surface area contributed by atoms with E-state index in [0.717, 1.165) is 18.4 Å². The summed E-state index contributed by atoms with van der Waals surface area (Å²) < 4.78 is 7.02. The topological polar surface area (TPSA) is 86.3 Å². The summed E-state index contributed by atoms with van der Waals surface area (Å²) in [6.45, 7) is 0.691. The third kappa shape index (κ3) is 3.26. The summed E-state index contributed by atoms with van der Waals surface area (Å²) >= 11 is 0. The van der Waals surface area contributed by atoms with Gasteiger partial charge in [0.25, 0.3) is 5.91 Å². The largest absolute Gasteiger partial charge is 0.371 e. The van der Waals surface area contributed by atoms with Gasteiger partial charge in [0.2, 0.25) is 5.95 Å². The van der Waals surface area contributed by atoms with Gasteiger partial charge in [-0.1, -0.05) is 30.3 Å². The highest BCUT2D eigenvalue weighted by Crippen LogP contribution is 2.31. The normalized spacial score (nSPS) is 18.8. The molecule has 1 aliphatic rings. The number of nitrogens with two attached hydrogens (primary N) is 1. The molecule has 2 aromatic rings. The van der Waals surface area contributed by atoms with E-state index < -0.39 is 6.10 Å². The molecule has 1 saturated heterocycles. The first kappa shape index (κ1) is 16.4.